The lowest BCUT2D eigenvalue weighted by Crippen LogP contribution is -2.29. The van der Waals surface area contributed by atoms with E-state index in [4.69, 9.17) is 14.2 Å². The maximum atomic E-state index is 5.90. The van der Waals surface area contributed by atoms with Crippen molar-refractivity contribution >= 4 is 0 Å². The van der Waals surface area contributed by atoms with E-state index in [9.17, 15) is 0 Å². The van der Waals surface area contributed by atoms with Gasteiger partial charge in [-0.25, -0.2) is 0 Å². The zero-order valence-corrected chi connectivity index (χ0v) is 13.9. The lowest BCUT2D eigenvalue weighted by molar-refractivity contribution is 0.109. The molecule has 1 heterocycles. The van der Waals surface area contributed by atoms with Crippen molar-refractivity contribution in [2.24, 2.45) is 0 Å². The molecular weight excluding hydrogens is 302 g/mol. The molecule has 1 N–H and O–H groups in total. The molecule has 4 nitrogen and oxygen atoms in total. The SMILES string of the molecule is c1ccc(COc2ccccc2OCCNCC2CCCO2)cc1. The largest absolute Gasteiger partial charge is 0.488 e. The number of hydrogen-bond donors (Lipinski definition) is 1. The molecule has 4 heteroatoms. The molecule has 1 atom stereocenters. The van der Waals surface area contributed by atoms with Crippen LogP contribution in [0.4, 0.5) is 0 Å². The fourth-order valence-electron chi connectivity index (χ4n) is 2.73. The summed E-state index contributed by atoms with van der Waals surface area (Å²) in [5.41, 5.74) is 1.14. The Morgan fingerprint density at radius 1 is 0.958 bits per heavy atom. The van der Waals surface area contributed by atoms with E-state index in [1.807, 2.05) is 42.5 Å². The van der Waals surface area contributed by atoms with E-state index in [0.717, 1.165) is 43.2 Å². The molecule has 24 heavy (non-hydrogen) atoms. The van der Waals surface area contributed by atoms with Crippen LogP contribution in [0.2, 0.25) is 0 Å². The Morgan fingerprint density at radius 3 is 2.46 bits per heavy atom. The van der Waals surface area contributed by atoms with Crippen molar-refractivity contribution in [1.29, 1.82) is 0 Å². The van der Waals surface area contributed by atoms with Gasteiger partial charge < -0.3 is 19.5 Å². The second kappa shape index (κ2) is 9.30. The zero-order chi connectivity index (χ0) is 16.5. The molecule has 1 unspecified atom stereocenters. The number of benzene rings is 2. The molecule has 3 rings (SSSR count). The molecule has 1 saturated heterocycles. The van der Waals surface area contributed by atoms with Crippen molar-refractivity contribution in [2.75, 3.05) is 26.3 Å². The predicted molar refractivity (Wildman–Crippen MR) is 94.6 cm³/mol. The third-order valence-corrected chi connectivity index (χ3v) is 4.02. The summed E-state index contributed by atoms with van der Waals surface area (Å²) >= 11 is 0. The van der Waals surface area contributed by atoms with Gasteiger partial charge in [0, 0.05) is 19.7 Å². The van der Waals surface area contributed by atoms with E-state index in [1.54, 1.807) is 0 Å². The van der Waals surface area contributed by atoms with E-state index in [2.05, 4.69) is 17.4 Å². The Bertz CT molecular complexity index is 597. The molecule has 0 aromatic heterocycles. The average Bonchev–Trinajstić information content (AvgIpc) is 3.15. The summed E-state index contributed by atoms with van der Waals surface area (Å²) in [7, 11) is 0. The summed E-state index contributed by atoms with van der Waals surface area (Å²) < 4.78 is 17.3. The minimum absolute atomic E-state index is 0.367. The van der Waals surface area contributed by atoms with Crippen LogP contribution in [0, 0.1) is 0 Å². The Morgan fingerprint density at radius 2 is 1.71 bits per heavy atom. The number of ether oxygens (including phenoxy) is 3. The minimum atomic E-state index is 0.367. The van der Waals surface area contributed by atoms with Gasteiger partial charge in [-0.05, 0) is 30.5 Å². The normalized spacial score (nSPS) is 16.9. The lowest BCUT2D eigenvalue weighted by Gasteiger charge is -2.14. The fraction of sp³-hybridized carbons (Fsp3) is 0.400. The van der Waals surface area contributed by atoms with Crippen LogP contribution in [-0.4, -0.2) is 32.4 Å². The first kappa shape index (κ1) is 16.8. The quantitative estimate of drug-likeness (QED) is 0.717. The van der Waals surface area contributed by atoms with Crippen LogP contribution < -0.4 is 14.8 Å². The number of rotatable bonds is 9. The summed E-state index contributed by atoms with van der Waals surface area (Å²) in [5, 5.41) is 3.38. The third kappa shape index (κ3) is 5.25. The fourth-order valence-corrected chi connectivity index (χ4v) is 2.73. The number of para-hydroxylation sites is 2. The molecule has 0 aliphatic carbocycles. The summed E-state index contributed by atoms with van der Waals surface area (Å²) in [4.78, 5) is 0. The highest BCUT2D eigenvalue weighted by molar-refractivity contribution is 5.39. The molecule has 2 aromatic rings. The Hall–Kier alpha value is -2.04. The van der Waals surface area contributed by atoms with Crippen LogP contribution in [0.25, 0.3) is 0 Å². The summed E-state index contributed by atoms with van der Waals surface area (Å²) in [6.45, 7) is 3.74. The molecule has 0 bridgehead atoms. The molecule has 0 spiro atoms. The van der Waals surface area contributed by atoms with Gasteiger partial charge in [-0.15, -0.1) is 0 Å². The molecular formula is C20H25NO3. The van der Waals surface area contributed by atoms with Crippen molar-refractivity contribution in [3.63, 3.8) is 0 Å². The first-order chi connectivity index (χ1) is 11.9. The molecule has 0 amide bonds. The van der Waals surface area contributed by atoms with Crippen molar-refractivity contribution in [1.82, 2.24) is 5.32 Å². The number of hydrogen-bond acceptors (Lipinski definition) is 4. The van der Waals surface area contributed by atoms with Gasteiger partial charge in [-0.2, -0.15) is 0 Å². The van der Waals surface area contributed by atoms with Crippen LogP contribution in [-0.2, 0) is 11.3 Å². The highest BCUT2D eigenvalue weighted by atomic mass is 16.5. The minimum Gasteiger partial charge on any atom is -0.488 e. The first-order valence-electron chi connectivity index (χ1n) is 8.63. The van der Waals surface area contributed by atoms with Crippen LogP contribution in [0.5, 0.6) is 11.5 Å². The maximum absolute atomic E-state index is 5.90. The van der Waals surface area contributed by atoms with Crippen LogP contribution in [0.15, 0.2) is 54.6 Å². The Labute approximate surface area is 143 Å². The van der Waals surface area contributed by atoms with Crippen molar-refractivity contribution in [3.05, 3.63) is 60.2 Å². The van der Waals surface area contributed by atoms with E-state index < -0.39 is 0 Å². The molecule has 0 radical (unpaired) electrons. The summed E-state index contributed by atoms with van der Waals surface area (Å²) in [6.07, 6.45) is 2.70. The molecule has 1 aliphatic heterocycles. The topological polar surface area (TPSA) is 39.7 Å². The summed E-state index contributed by atoms with van der Waals surface area (Å²) in [5.74, 6) is 1.56. The second-order valence-corrected chi connectivity index (χ2v) is 5.91. The van der Waals surface area contributed by atoms with Gasteiger partial charge in [-0.3, -0.25) is 0 Å². The lowest BCUT2D eigenvalue weighted by atomic mass is 10.2. The highest BCUT2D eigenvalue weighted by Crippen LogP contribution is 2.27. The highest BCUT2D eigenvalue weighted by Gasteiger charge is 2.14. The predicted octanol–water partition coefficient (Wildman–Crippen LogP) is 3.41. The van der Waals surface area contributed by atoms with E-state index in [0.29, 0.717) is 19.3 Å². The molecule has 2 aromatic carbocycles. The second-order valence-electron chi connectivity index (χ2n) is 5.91. The third-order valence-electron chi connectivity index (χ3n) is 4.02. The van der Waals surface area contributed by atoms with Gasteiger partial charge in [0.1, 0.15) is 13.2 Å². The average molecular weight is 327 g/mol. The maximum Gasteiger partial charge on any atom is 0.161 e. The molecule has 1 fully saturated rings. The zero-order valence-electron chi connectivity index (χ0n) is 13.9. The Balaban J connectivity index is 1.41. The number of nitrogens with one attached hydrogen (secondary N) is 1. The van der Waals surface area contributed by atoms with E-state index >= 15 is 0 Å². The van der Waals surface area contributed by atoms with Crippen molar-refractivity contribution in [2.45, 2.75) is 25.6 Å². The van der Waals surface area contributed by atoms with Crippen LogP contribution in [0.1, 0.15) is 18.4 Å². The first-order valence-corrected chi connectivity index (χ1v) is 8.63. The van der Waals surface area contributed by atoms with Gasteiger partial charge in [0.2, 0.25) is 0 Å². The van der Waals surface area contributed by atoms with Crippen molar-refractivity contribution < 1.29 is 14.2 Å². The smallest absolute Gasteiger partial charge is 0.161 e. The standard InChI is InChI=1S/C20H25NO3/c1-2-7-17(8-3-1)16-24-20-11-5-4-10-19(20)23-14-12-21-15-18-9-6-13-22-18/h1-5,7-8,10-11,18,21H,6,9,12-16H2. The summed E-state index contributed by atoms with van der Waals surface area (Å²) in [6, 6.07) is 18.0. The molecule has 0 saturated carbocycles. The van der Waals surface area contributed by atoms with E-state index in [1.165, 1.54) is 6.42 Å². The Kier molecular flexibility index (Phi) is 6.51. The van der Waals surface area contributed by atoms with Crippen molar-refractivity contribution in [3.8, 4) is 11.5 Å². The monoisotopic (exact) mass is 327 g/mol. The van der Waals surface area contributed by atoms with Crippen LogP contribution >= 0.6 is 0 Å². The van der Waals surface area contributed by atoms with Gasteiger partial charge in [-0.1, -0.05) is 42.5 Å². The molecule has 1 aliphatic rings. The van der Waals surface area contributed by atoms with Gasteiger partial charge in [0.25, 0.3) is 0 Å². The van der Waals surface area contributed by atoms with E-state index in [-0.39, 0.29) is 0 Å². The van der Waals surface area contributed by atoms with Gasteiger partial charge >= 0.3 is 0 Å². The molecule has 128 valence electrons. The van der Waals surface area contributed by atoms with Gasteiger partial charge in [0.05, 0.1) is 6.10 Å². The van der Waals surface area contributed by atoms with Gasteiger partial charge in [0.15, 0.2) is 11.5 Å². The van der Waals surface area contributed by atoms with Crippen LogP contribution in [0.3, 0.4) is 0 Å².